The Morgan fingerprint density at radius 3 is 2.67 bits per heavy atom. The lowest BCUT2D eigenvalue weighted by molar-refractivity contribution is 0.0398. The van der Waals surface area contributed by atoms with Crippen molar-refractivity contribution >= 4 is 17.5 Å². The zero-order valence-corrected chi connectivity index (χ0v) is 15.5. The highest BCUT2D eigenvalue weighted by Gasteiger charge is 2.13. The van der Waals surface area contributed by atoms with Gasteiger partial charge in [-0.15, -0.1) is 0 Å². The van der Waals surface area contributed by atoms with E-state index < -0.39 is 0 Å². The molecule has 8 heteroatoms. The van der Waals surface area contributed by atoms with Gasteiger partial charge in [-0.25, -0.2) is 4.98 Å². The number of benzene rings is 1. The van der Waals surface area contributed by atoms with E-state index in [0.29, 0.717) is 19.2 Å². The summed E-state index contributed by atoms with van der Waals surface area (Å²) in [5.74, 6) is 2.88. The normalized spacial score (nSPS) is 16.8. The van der Waals surface area contributed by atoms with Crippen LogP contribution in [0.25, 0.3) is 0 Å². The second-order valence-corrected chi connectivity index (χ2v) is 6.58. The monoisotopic (exact) mass is 371 g/mol. The first kappa shape index (κ1) is 17.8. The third kappa shape index (κ3) is 4.78. The summed E-state index contributed by atoms with van der Waals surface area (Å²) >= 11 is 0. The van der Waals surface area contributed by atoms with Gasteiger partial charge >= 0.3 is 0 Å². The zero-order chi connectivity index (χ0) is 18.5. The molecule has 27 heavy (non-hydrogen) atoms. The standard InChI is InChI=1S/C19H25N5O3/c1-14-12-18(20-4-5-24-6-8-25-9-7-24)23-19(21-14)22-15-2-3-16-17(13-15)27-11-10-26-16/h2-3,12-13H,4-11H2,1H3,(H2,20,21,22,23). The smallest absolute Gasteiger partial charge is 0.229 e. The van der Waals surface area contributed by atoms with Crippen molar-refractivity contribution in [1.29, 1.82) is 0 Å². The van der Waals surface area contributed by atoms with Crippen molar-refractivity contribution in [1.82, 2.24) is 14.9 Å². The summed E-state index contributed by atoms with van der Waals surface area (Å²) in [4.78, 5) is 11.4. The van der Waals surface area contributed by atoms with Crippen LogP contribution in [0.4, 0.5) is 17.5 Å². The van der Waals surface area contributed by atoms with Crippen LogP contribution in [0.3, 0.4) is 0 Å². The Kier molecular flexibility index (Phi) is 5.55. The molecule has 1 fully saturated rings. The summed E-state index contributed by atoms with van der Waals surface area (Å²) in [7, 11) is 0. The number of morpholine rings is 1. The van der Waals surface area contributed by atoms with Crippen LogP contribution >= 0.6 is 0 Å². The van der Waals surface area contributed by atoms with E-state index in [1.165, 1.54) is 0 Å². The van der Waals surface area contributed by atoms with Crippen molar-refractivity contribution in [3.8, 4) is 11.5 Å². The highest BCUT2D eigenvalue weighted by atomic mass is 16.6. The van der Waals surface area contributed by atoms with Crippen LogP contribution in [0.5, 0.6) is 11.5 Å². The molecular weight excluding hydrogens is 346 g/mol. The number of ether oxygens (including phenoxy) is 3. The molecule has 0 unspecified atom stereocenters. The predicted octanol–water partition coefficient (Wildman–Crippen LogP) is 2.04. The SMILES string of the molecule is Cc1cc(NCCN2CCOCC2)nc(Nc2ccc3c(c2)OCCO3)n1. The average Bonchev–Trinajstić information content (AvgIpc) is 2.68. The Bertz CT molecular complexity index is 780. The molecule has 0 bridgehead atoms. The van der Waals surface area contributed by atoms with Crippen LogP contribution in [0.1, 0.15) is 5.69 Å². The highest BCUT2D eigenvalue weighted by Crippen LogP contribution is 2.33. The number of anilines is 3. The van der Waals surface area contributed by atoms with Crippen molar-refractivity contribution in [2.75, 3.05) is 63.2 Å². The molecule has 1 saturated heterocycles. The van der Waals surface area contributed by atoms with Crippen LogP contribution in [0, 0.1) is 6.92 Å². The molecule has 2 N–H and O–H groups in total. The maximum absolute atomic E-state index is 5.63. The fourth-order valence-corrected chi connectivity index (χ4v) is 3.13. The molecule has 1 aromatic carbocycles. The van der Waals surface area contributed by atoms with Gasteiger partial charge < -0.3 is 24.8 Å². The van der Waals surface area contributed by atoms with Gasteiger partial charge in [0.05, 0.1) is 13.2 Å². The molecule has 0 aliphatic carbocycles. The molecular formula is C19H25N5O3. The van der Waals surface area contributed by atoms with Crippen LogP contribution in [-0.2, 0) is 4.74 Å². The number of nitrogens with zero attached hydrogens (tertiary/aromatic N) is 3. The molecule has 0 saturated carbocycles. The Morgan fingerprint density at radius 1 is 1.00 bits per heavy atom. The van der Waals surface area contributed by atoms with Gasteiger partial charge in [-0.3, -0.25) is 4.90 Å². The summed E-state index contributed by atoms with van der Waals surface area (Å²) < 4.78 is 16.6. The fourth-order valence-electron chi connectivity index (χ4n) is 3.13. The number of aromatic nitrogens is 2. The van der Waals surface area contributed by atoms with Crippen LogP contribution in [0.15, 0.2) is 24.3 Å². The topological polar surface area (TPSA) is 80.8 Å². The minimum absolute atomic E-state index is 0.556. The van der Waals surface area contributed by atoms with Gasteiger partial charge in [-0.05, 0) is 19.1 Å². The zero-order valence-electron chi connectivity index (χ0n) is 15.5. The number of hydrogen-bond donors (Lipinski definition) is 2. The molecule has 3 heterocycles. The first-order valence-corrected chi connectivity index (χ1v) is 9.32. The van der Waals surface area contributed by atoms with Gasteiger partial charge in [-0.2, -0.15) is 4.98 Å². The summed E-state index contributed by atoms with van der Waals surface area (Å²) in [5, 5.41) is 6.64. The van der Waals surface area contributed by atoms with Crippen molar-refractivity contribution in [2.45, 2.75) is 6.92 Å². The maximum atomic E-state index is 5.63. The van der Waals surface area contributed by atoms with E-state index in [1.54, 1.807) is 0 Å². The van der Waals surface area contributed by atoms with E-state index in [2.05, 4.69) is 25.5 Å². The van der Waals surface area contributed by atoms with Crippen molar-refractivity contribution in [2.24, 2.45) is 0 Å². The second-order valence-electron chi connectivity index (χ2n) is 6.58. The largest absolute Gasteiger partial charge is 0.486 e. The van der Waals surface area contributed by atoms with Gasteiger partial charge in [0.25, 0.3) is 0 Å². The highest BCUT2D eigenvalue weighted by molar-refractivity contribution is 5.61. The van der Waals surface area contributed by atoms with Gasteiger partial charge in [0.1, 0.15) is 19.0 Å². The van der Waals surface area contributed by atoms with E-state index in [0.717, 1.165) is 68.1 Å². The average molecular weight is 371 g/mol. The Labute approximate surface area is 158 Å². The first-order valence-electron chi connectivity index (χ1n) is 9.32. The van der Waals surface area contributed by atoms with Gasteiger partial charge in [0, 0.05) is 49.7 Å². The second kappa shape index (κ2) is 8.41. The van der Waals surface area contributed by atoms with Crippen LogP contribution in [0.2, 0.25) is 0 Å². The molecule has 8 nitrogen and oxygen atoms in total. The van der Waals surface area contributed by atoms with E-state index in [4.69, 9.17) is 14.2 Å². The third-order valence-corrected chi connectivity index (χ3v) is 4.49. The minimum atomic E-state index is 0.556. The quantitative estimate of drug-likeness (QED) is 0.799. The summed E-state index contributed by atoms with van der Waals surface area (Å²) in [6.45, 7) is 8.52. The molecule has 2 aromatic rings. The molecule has 4 rings (SSSR count). The first-order chi connectivity index (χ1) is 13.3. The summed E-state index contributed by atoms with van der Waals surface area (Å²) in [6, 6.07) is 7.69. The lowest BCUT2D eigenvalue weighted by atomic mass is 10.2. The minimum Gasteiger partial charge on any atom is -0.486 e. The van der Waals surface area contributed by atoms with Gasteiger partial charge in [-0.1, -0.05) is 0 Å². The Hall–Kier alpha value is -2.58. The van der Waals surface area contributed by atoms with E-state index in [1.807, 2.05) is 31.2 Å². The lowest BCUT2D eigenvalue weighted by Crippen LogP contribution is -2.39. The number of hydrogen-bond acceptors (Lipinski definition) is 8. The van der Waals surface area contributed by atoms with Crippen LogP contribution < -0.4 is 20.1 Å². The predicted molar refractivity (Wildman–Crippen MR) is 103 cm³/mol. The Balaban J connectivity index is 1.38. The lowest BCUT2D eigenvalue weighted by Gasteiger charge is -2.26. The van der Waals surface area contributed by atoms with Crippen molar-refractivity contribution in [3.05, 3.63) is 30.0 Å². The van der Waals surface area contributed by atoms with Gasteiger partial charge in [0.2, 0.25) is 5.95 Å². The molecule has 0 atom stereocenters. The Morgan fingerprint density at radius 2 is 1.81 bits per heavy atom. The summed E-state index contributed by atoms with van der Waals surface area (Å²) in [6.07, 6.45) is 0. The van der Waals surface area contributed by atoms with Gasteiger partial charge in [0.15, 0.2) is 11.5 Å². The molecule has 144 valence electrons. The number of nitrogens with one attached hydrogen (secondary N) is 2. The maximum Gasteiger partial charge on any atom is 0.229 e. The number of aryl methyl sites for hydroxylation is 1. The van der Waals surface area contributed by atoms with Crippen molar-refractivity contribution in [3.63, 3.8) is 0 Å². The summed E-state index contributed by atoms with van der Waals surface area (Å²) in [5.41, 5.74) is 1.77. The number of fused-ring (bicyclic) bond motifs is 1. The van der Waals surface area contributed by atoms with E-state index in [-0.39, 0.29) is 0 Å². The molecule has 0 radical (unpaired) electrons. The fraction of sp³-hybridized carbons (Fsp3) is 0.474. The molecule has 2 aliphatic rings. The molecule has 1 aromatic heterocycles. The molecule has 2 aliphatic heterocycles. The van der Waals surface area contributed by atoms with Crippen LogP contribution in [-0.4, -0.2) is 67.5 Å². The molecule has 0 amide bonds. The van der Waals surface area contributed by atoms with E-state index >= 15 is 0 Å². The van der Waals surface area contributed by atoms with Crippen molar-refractivity contribution < 1.29 is 14.2 Å². The third-order valence-electron chi connectivity index (χ3n) is 4.49. The van der Waals surface area contributed by atoms with E-state index in [9.17, 15) is 0 Å². The molecule has 0 spiro atoms. The number of rotatable bonds is 6.